The molecule has 1 aliphatic carbocycles. The lowest BCUT2D eigenvalue weighted by Gasteiger charge is -2.44. The van der Waals surface area contributed by atoms with Crippen LogP contribution in [0.15, 0.2) is 0 Å². The van der Waals surface area contributed by atoms with Crippen molar-refractivity contribution in [3.63, 3.8) is 0 Å². The molecular formula is C7H12S. The van der Waals surface area contributed by atoms with E-state index in [2.05, 4.69) is 25.6 Å². The van der Waals surface area contributed by atoms with E-state index < -0.39 is 0 Å². The molecule has 1 heterocycles. The summed E-state index contributed by atoms with van der Waals surface area (Å²) < 4.78 is 0.785. The Labute approximate surface area is 55.0 Å². The molecule has 0 bridgehead atoms. The summed E-state index contributed by atoms with van der Waals surface area (Å²) in [5.41, 5.74) is 0.692. The fourth-order valence-corrected chi connectivity index (χ4v) is 3.02. The second-order valence-electron chi connectivity index (χ2n) is 3.67. The van der Waals surface area contributed by atoms with E-state index in [4.69, 9.17) is 0 Å². The molecule has 1 heteroatoms. The maximum atomic E-state index is 2.40. The molecule has 1 saturated carbocycles. The second-order valence-corrected chi connectivity index (χ2v) is 5.03. The number of rotatable bonds is 0. The first-order chi connectivity index (χ1) is 3.66. The summed E-state index contributed by atoms with van der Waals surface area (Å²) in [6.07, 6.45) is 2.98. The predicted molar refractivity (Wildman–Crippen MR) is 38.2 cm³/mol. The summed E-state index contributed by atoms with van der Waals surface area (Å²) in [6.45, 7) is 4.80. The van der Waals surface area contributed by atoms with Crippen LogP contribution in [0.2, 0.25) is 0 Å². The van der Waals surface area contributed by atoms with Gasteiger partial charge in [0.15, 0.2) is 0 Å². The lowest BCUT2D eigenvalue weighted by molar-refractivity contribution is 0.355. The minimum Gasteiger partial charge on any atom is -0.154 e. The second kappa shape index (κ2) is 1.11. The van der Waals surface area contributed by atoms with Crippen LogP contribution in [0.3, 0.4) is 0 Å². The molecule has 1 saturated heterocycles. The van der Waals surface area contributed by atoms with E-state index in [1.807, 2.05) is 0 Å². The van der Waals surface area contributed by atoms with Crippen molar-refractivity contribution in [2.24, 2.45) is 5.41 Å². The van der Waals surface area contributed by atoms with Crippen LogP contribution < -0.4 is 0 Å². The Morgan fingerprint density at radius 2 is 1.88 bits per heavy atom. The van der Waals surface area contributed by atoms with Crippen molar-refractivity contribution in [3.8, 4) is 0 Å². The molecule has 0 N–H and O–H groups in total. The molecule has 2 fully saturated rings. The van der Waals surface area contributed by atoms with Gasteiger partial charge in [0.2, 0.25) is 0 Å². The van der Waals surface area contributed by atoms with Crippen molar-refractivity contribution in [1.29, 1.82) is 0 Å². The van der Waals surface area contributed by atoms with Crippen LogP contribution in [0.25, 0.3) is 0 Å². The highest BCUT2D eigenvalue weighted by molar-refractivity contribution is 8.02. The molecule has 2 aliphatic rings. The molecule has 0 atom stereocenters. The van der Waals surface area contributed by atoms with E-state index in [1.165, 1.54) is 18.6 Å². The highest BCUT2D eigenvalue weighted by Crippen LogP contribution is 2.68. The maximum Gasteiger partial charge on any atom is 0.0220 e. The first-order valence-corrected chi connectivity index (χ1v) is 4.29. The van der Waals surface area contributed by atoms with Crippen molar-refractivity contribution in [1.82, 2.24) is 0 Å². The summed E-state index contributed by atoms with van der Waals surface area (Å²) >= 11 is 2.18. The van der Waals surface area contributed by atoms with E-state index in [0.29, 0.717) is 5.41 Å². The third-order valence-corrected chi connectivity index (χ3v) is 5.03. The van der Waals surface area contributed by atoms with Gasteiger partial charge >= 0.3 is 0 Å². The molecule has 8 heavy (non-hydrogen) atoms. The molecule has 0 aromatic carbocycles. The fourth-order valence-electron chi connectivity index (χ4n) is 1.50. The summed E-state index contributed by atoms with van der Waals surface area (Å²) in [5.74, 6) is 1.40. The van der Waals surface area contributed by atoms with Crippen LogP contribution in [-0.4, -0.2) is 10.5 Å². The van der Waals surface area contributed by atoms with Gasteiger partial charge in [0.05, 0.1) is 0 Å². The van der Waals surface area contributed by atoms with Crippen LogP contribution >= 0.6 is 11.8 Å². The summed E-state index contributed by atoms with van der Waals surface area (Å²) in [6, 6.07) is 0. The molecule has 0 aromatic rings. The first kappa shape index (κ1) is 5.16. The zero-order valence-corrected chi connectivity index (χ0v) is 6.35. The molecule has 0 radical (unpaired) electrons. The minimum absolute atomic E-state index is 0.692. The molecule has 1 aliphatic heterocycles. The van der Waals surface area contributed by atoms with E-state index in [1.54, 1.807) is 0 Å². The molecule has 1 spiro atoms. The van der Waals surface area contributed by atoms with Gasteiger partial charge in [-0.05, 0) is 18.3 Å². The average molecular weight is 128 g/mol. The van der Waals surface area contributed by atoms with Crippen molar-refractivity contribution in [3.05, 3.63) is 0 Å². The van der Waals surface area contributed by atoms with Gasteiger partial charge in [-0.1, -0.05) is 13.8 Å². The largest absolute Gasteiger partial charge is 0.154 e. The van der Waals surface area contributed by atoms with Crippen molar-refractivity contribution in [2.45, 2.75) is 31.4 Å². The molecule has 0 unspecified atom stereocenters. The predicted octanol–water partition coefficient (Wildman–Crippen LogP) is 2.29. The Kier molecular flexibility index (Phi) is 0.715. The molecular weight excluding hydrogens is 116 g/mol. The Morgan fingerprint density at radius 3 is 1.88 bits per heavy atom. The highest BCUT2D eigenvalue weighted by atomic mass is 32.2. The molecule has 46 valence electrons. The van der Waals surface area contributed by atoms with Gasteiger partial charge in [-0.2, -0.15) is 11.8 Å². The van der Waals surface area contributed by atoms with Gasteiger partial charge < -0.3 is 0 Å². The summed E-state index contributed by atoms with van der Waals surface area (Å²) in [7, 11) is 0. The first-order valence-electron chi connectivity index (χ1n) is 3.30. The highest BCUT2D eigenvalue weighted by Gasteiger charge is 2.61. The lowest BCUT2D eigenvalue weighted by atomic mass is 9.88. The molecule has 0 amide bonds. The van der Waals surface area contributed by atoms with Crippen molar-refractivity contribution >= 4 is 11.8 Å². The maximum absolute atomic E-state index is 2.40. The Morgan fingerprint density at radius 1 is 1.25 bits per heavy atom. The summed E-state index contributed by atoms with van der Waals surface area (Å²) in [5, 5.41) is 0. The van der Waals surface area contributed by atoms with Crippen LogP contribution in [0.1, 0.15) is 26.7 Å². The fraction of sp³-hybridized carbons (Fsp3) is 1.00. The van der Waals surface area contributed by atoms with E-state index in [-0.39, 0.29) is 0 Å². The van der Waals surface area contributed by atoms with Gasteiger partial charge in [0.25, 0.3) is 0 Å². The molecule has 0 aromatic heterocycles. The number of hydrogen-bond donors (Lipinski definition) is 0. The van der Waals surface area contributed by atoms with Crippen molar-refractivity contribution in [2.75, 3.05) is 5.75 Å². The quantitative estimate of drug-likeness (QED) is 0.482. The number of hydrogen-bond acceptors (Lipinski definition) is 1. The smallest absolute Gasteiger partial charge is 0.0220 e. The minimum atomic E-state index is 0.692. The van der Waals surface area contributed by atoms with Gasteiger partial charge in [0, 0.05) is 10.5 Å². The molecule has 2 rings (SSSR count). The third kappa shape index (κ3) is 0.399. The molecule has 0 nitrogen and oxygen atoms in total. The van der Waals surface area contributed by atoms with Crippen LogP contribution in [0.5, 0.6) is 0 Å². The van der Waals surface area contributed by atoms with Crippen molar-refractivity contribution < 1.29 is 0 Å². The van der Waals surface area contributed by atoms with Gasteiger partial charge in [-0.15, -0.1) is 0 Å². The van der Waals surface area contributed by atoms with Gasteiger partial charge in [-0.25, -0.2) is 0 Å². The number of thioether (sulfide) groups is 1. The summed E-state index contributed by atoms with van der Waals surface area (Å²) in [4.78, 5) is 0. The Hall–Kier alpha value is 0.350. The Bertz CT molecular complexity index is 118. The average Bonchev–Trinajstić information content (AvgIpc) is 2.41. The van der Waals surface area contributed by atoms with Gasteiger partial charge in [0.1, 0.15) is 0 Å². The standard InChI is InChI=1S/C7H12S/c1-6(2)5-8-7(6)3-4-7/h3-5H2,1-2H3. The monoisotopic (exact) mass is 128 g/mol. The SMILES string of the molecule is CC1(C)CSC12CC2. The Balaban J connectivity index is 2.19. The van der Waals surface area contributed by atoms with Crippen LogP contribution in [0.4, 0.5) is 0 Å². The lowest BCUT2D eigenvalue weighted by Crippen LogP contribution is -2.41. The third-order valence-electron chi connectivity index (χ3n) is 2.65. The zero-order valence-electron chi connectivity index (χ0n) is 5.53. The van der Waals surface area contributed by atoms with E-state index >= 15 is 0 Å². The zero-order chi connectivity index (χ0) is 5.83. The topological polar surface area (TPSA) is 0 Å². The normalized spacial score (nSPS) is 36.8. The van der Waals surface area contributed by atoms with Gasteiger partial charge in [-0.3, -0.25) is 0 Å². The van der Waals surface area contributed by atoms with Crippen LogP contribution in [0, 0.1) is 5.41 Å². The van der Waals surface area contributed by atoms with E-state index in [0.717, 1.165) is 4.75 Å². The van der Waals surface area contributed by atoms with Crippen LogP contribution in [-0.2, 0) is 0 Å². The van der Waals surface area contributed by atoms with E-state index in [9.17, 15) is 0 Å².